The predicted molar refractivity (Wildman–Crippen MR) is 102 cm³/mol. The summed E-state index contributed by atoms with van der Waals surface area (Å²) in [6, 6.07) is 6.07. The highest BCUT2D eigenvalue weighted by atomic mass is 19.3. The van der Waals surface area contributed by atoms with Crippen LogP contribution in [-0.4, -0.2) is 44.6 Å². The van der Waals surface area contributed by atoms with Gasteiger partial charge in [-0.3, -0.25) is 14.6 Å². The van der Waals surface area contributed by atoms with Crippen molar-refractivity contribution >= 4 is 5.91 Å². The summed E-state index contributed by atoms with van der Waals surface area (Å²) in [6.45, 7) is 0. The van der Waals surface area contributed by atoms with E-state index < -0.39 is 42.3 Å². The van der Waals surface area contributed by atoms with Gasteiger partial charge < -0.3 is 10.4 Å². The molecule has 0 saturated carbocycles. The number of aliphatic hydroxyl groups excluding tert-OH is 1. The lowest BCUT2D eigenvalue weighted by Gasteiger charge is -2.18. The average Bonchev–Trinajstić information content (AvgIpc) is 2.77. The predicted octanol–water partition coefficient (Wildman–Crippen LogP) is 2.88. The molecule has 0 aliphatic heterocycles. The molecule has 0 aliphatic rings. The van der Waals surface area contributed by atoms with Crippen LogP contribution in [0.15, 0.2) is 59.7 Å². The van der Waals surface area contributed by atoms with Crippen LogP contribution in [-0.2, 0) is 0 Å². The Morgan fingerprint density at radius 1 is 1.06 bits per heavy atom. The number of amides is 1. The third-order valence-corrected chi connectivity index (χ3v) is 4.37. The summed E-state index contributed by atoms with van der Waals surface area (Å²) >= 11 is 0. The molecule has 3 aromatic rings. The van der Waals surface area contributed by atoms with Crippen LogP contribution in [0, 0.1) is 0 Å². The van der Waals surface area contributed by atoms with Crippen molar-refractivity contribution in [1.29, 1.82) is 0 Å². The van der Waals surface area contributed by atoms with E-state index in [1.165, 1.54) is 36.7 Å². The highest BCUT2D eigenvalue weighted by Gasteiger charge is 2.31. The maximum atomic E-state index is 13.1. The topological polar surface area (TPSA) is 97.1 Å². The van der Waals surface area contributed by atoms with Crippen LogP contribution < -0.4 is 10.9 Å². The molecule has 168 valence electrons. The molecule has 2 heterocycles. The zero-order valence-corrected chi connectivity index (χ0v) is 16.0. The van der Waals surface area contributed by atoms with Crippen molar-refractivity contribution < 1.29 is 31.9 Å². The van der Waals surface area contributed by atoms with Crippen molar-refractivity contribution in [2.45, 2.75) is 25.3 Å². The van der Waals surface area contributed by atoms with Gasteiger partial charge in [-0.25, -0.2) is 22.0 Å². The second-order valence-corrected chi connectivity index (χ2v) is 6.50. The van der Waals surface area contributed by atoms with E-state index in [0.29, 0.717) is 0 Å². The van der Waals surface area contributed by atoms with Crippen LogP contribution in [0.4, 0.5) is 22.0 Å². The minimum absolute atomic E-state index is 0.0335. The van der Waals surface area contributed by atoms with E-state index in [1.54, 1.807) is 5.32 Å². The quantitative estimate of drug-likeness (QED) is 0.536. The minimum atomic E-state index is -3.46. The zero-order chi connectivity index (χ0) is 23.4. The lowest BCUT2D eigenvalue weighted by Crippen LogP contribution is -2.48. The first-order chi connectivity index (χ1) is 15.2. The number of halogens is 5. The second kappa shape index (κ2) is 9.64. The van der Waals surface area contributed by atoms with Crippen molar-refractivity contribution in [3.8, 4) is 16.9 Å². The van der Waals surface area contributed by atoms with Gasteiger partial charge in [-0.05, 0) is 18.2 Å². The molecule has 0 spiro atoms. The Morgan fingerprint density at radius 2 is 1.75 bits per heavy atom. The standard InChI is InChI=1S/C20H15F5N4O3/c21-16(22)11-5-3-10(4-6-11)14-8-13(19(31)27-15(17(23)24)18(25)30)20(32)29(28-14)12-2-1-7-26-9-12/h1-9,15-18,30H,(H,27,31). The van der Waals surface area contributed by atoms with Gasteiger partial charge >= 0.3 is 0 Å². The molecule has 3 rings (SSSR count). The summed E-state index contributed by atoms with van der Waals surface area (Å²) in [5.41, 5.74) is -1.68. The van der Waals surface area contributed by atoms with E-state index in [9.17, 15) is 31.5 Å². The van der Waals surface area contributed by atoms with E-state index in [1.807, 2.05) is 0 Å². The normalized spacial score (nSPS) is 13.2. The number of nitrogens with one attached hydrogen (secondary N) is 1. The van der Waals surface area contributed by atoms with E-state index >= 15 is 0 Å². The number of pyridine rings is 1. The van der Waals surface area contributed by atoms with Gasteiger partial charge in [-0.1, -0.05) is 24.3 Å². The molecule has 0 radical (unpaired) electrons. The molecular formula is C20H15F5N4O3. The van der Waals surface area contributed by atoms with Crippen molar-refractivity contribution in [2.24, 2.45) is 0 Å². The number of hydrogen-bond acceptors (Lipinski definition) is 5. The Labute approximate surface area is 177 Å². The first-order valence-corrected chi connectivity index (χ1v) is 9.03. The largest absolute Gasteiger partial charge is 0.362 e. The molecule has 2 aromatic heterocycles. The number of carbonyl (C=O) groups is 1. The van der Waals surface area contributed by atoms with E-state index in [-0.39, 0.29) is 22.5 Å². The summed E-state index contributed by atoms with van der Waals surface area (Å²) in [4.78, 5) is 29.2. The average molecular weight is 454 g/mol. The number of hydrogen-bond donors (Lipinski definition) is 2. The fraction of sp³-hybridized carbons (Fsp3) is 0.200. The van der Waals surface area contributed by atoms with Crippen LogP contribution >= 0.6 is 0 Å². The van der Waals surface area contributed by atoms with Gasteiger partial charge in [0.2, 0.25) is 6.36 Å². The maximum Gasteiger partial charge on any atom is 0.284 e. The van der Waals surface area contributed by atoms with Gasteiger partial charge in [-0.15, -0.1) is 0 Å². The first-order valence-electron chi connectivity index (χ1n) is 9.03. The number of aromatic nitrogens is 3. The van der Waals surface area contributed by atoms with Crippen molar-refractivity contribution in [2.75, 3.05) is 0 Å². The monoisotopic (exact) mass is 454 g/mol. The maximum absolute atomic E-state index is 13.1. The summed E-state index contributed by atoms with van der Waals surface area (Å²) in [5, 5.41) is 14.5. The third kappa shape index (κ3) is 4.97. The summed E-state index contributed by atoms with van der Waals surface area (Å²) in [7, 11) is 0. The molecular weight excluding hydrogens is 439 g/mol. The van der Waals surface area contributed by atoms with E-state index in [0.717, 1.165) is 22.9 Å². The molecule has 0 saturated heterocycles. The molecule has 0 fully saturated rings. The minimum Gasteiger partial charge on any atom is -0.362 e. The number of nitrogens with zero attached hydrogens (tertiary/aromatic N) is 3. The molecule has 1 amide bonds. The lowest BCUT2D eigenvalue weighted by molar-refractivity contribution is -0.0481. The lowest BCUT2D eigenvalue weighted by atomic mass is 10.1. The van der Waals surface area contributed by atoms with Gasteiger partial charge in [0.25, 0.3) is 24.3 Å². The second-order valence-electron chi connectivity index (χ2n) is 6.50. The Morgan fingerprint density at radius 3 is 2.28 bits per heavy atom. The number of rotatable bonds is 7. The highest BCUT2D eigenvalue weighted by molar-refractivity contribution is 5.95. The summed E-state index contributed by atoms with van der Waals surface area (Å²) in [5.74, 6) is -1.39. The molecule has 2 unspecified atom stereocenters. The van der Waals surface area contributed by atoms with Gasteiger partial charge in [0.1, 0.15) is 11.6 Å². The fourth-order valence-electron chi connectivity index (χ4n) is 2.73. The van der Waals surface area contributed by atoms with Gasteiger partial charge in [0, 0.05) is 17.3 Å². The Balaban J connectivity index is 2.13. The zero-order valence-electron chi connectivity index (χ0n) is 16.0. The van der Waals surface area contributed by atoms with Crippen LogP contribution in [0.5, 0.6) is 0 Å². The fourth-order valence-corrected chi connectivity index (χ4v) is 2.73. The van der Waals surface area contributed by atoms with Crippen LogP contribution in [0.25, 0.3) is 16.9 Å². The van der Waals surface area contributed by atoms with Crippen molar-refractivity contribution in [3.05, 3.63) is 76.3 Å². The van der Waals surface area contributed by atoms with Crippen LogP contribution in [0.1, 0.15) is 22.3 Å². The van der Waals surface area contributed by atoms with Crippen LogP contribution in [0.2, 0.25) is 0 Å². The molecule has 1 aromatic carbocycles. The number of benzene rings is 1. The van der Waals surface area contributed by atoms with E-state index in [4.69, 9.17) is 5.11 Å². The number of alkyl halides is 5. The number of carbonyl (C=O) groups excluding carboxylic acids is 1. The molecule has 32 heavy (non-hydrogen) atoms. The molecule has 2 atom stereocenters. The Bertz CT molecular complexity index is 1130. The Kier molecular flexibility index (Phi) is 6.93. The molecule has 2 N–H and O–H groups in total. The third-order valence-electron chi connectivity index (χ3n) is 4.37. The molecule has 12 heteroatoms. The summed E-state index contributed by atoms with van der Waals surface area (Å²) in [6.07, 6.45) is -6.61. The SMILES string of the molecule is O=C(NC(C(O)F)C(F)F)c1cc(-c2ccc(C(F)F)cc2)nn(-c2cccnc2)c1=O. The summed E-state index contributed by atoms with van der Waals surface area (Å²) < 4.78 is 65.4. The smallest absolute Gasteiger partial charge is 0.284 e. The first kappa shape index (κ1) is 23.0. The highest BCUT2D eigenvalue weighted by Crippen LogP contribution is 2.23. The van der Waals surface area contributed by atoms with Gasteiger partial charge in [0.05, 0.1) is 17.6 Å². The van der Waals surface area contributed by atoms with Crippen molar-refractivity contribution in [3.63, 3.8) is 0 Å². The molecule has 0 bridgehead atoms. The van der Waals surface area contributed by atoms with Crippen molar-refractivity contribution in [1.82, 2.24) is 20.1 Å². The Hall–Kier alpha value is -3.67. The number of aliphatic hydroxyl groups is 1. The molecule has 0 aliphatic carbocycles. The van der Waals surface area contributed by atoms with Gasteiger partial charge in [0.15, 0.2) is 0 Å². The van der Waals surface area contributed by atoms with E-state index in [2.05, 4.69) is 10.1 Å². The van der Waals surface area contributed by atoms with Gasteiger partial charge in [-0.2, -0.15) is 9.78 Å². The molecule has 7 nitrogen and oxygen atoms in total. The van der Waals surface area contributed by atoms with Crippen LogP contribution in [0.3, 0.4) is 0 Å².